The normalized spacial score (nSPS) is 14.0. The molecular weight excluding hydrogens is 320 g/mol. The van der Waals surface area contributed by atoms with Gasteiger partial charge in [-0.1, -0.05) is 25.1 Å². The Labute approximate surface area is 144 Å². The van der Waals surface area contributed by atoms with Gasteiger partial charge in [-0.2, -0.15) is 14.6 Å². The number of hydrogen-bond donors (Lipinski definition) is 0. The first kappa shape index (κ1) is 15.5. The first-order valence-corrected chi connectivity index (χ1v) is 8.36. The van der Waals surface area contributed by atoms with Crippen molar-refractivity contribution in [3.05, 3.63) is 58.0 Å². The third-order valence-electron chi connectivity index (χ3n) is 4.46. The molecule has 0 saturated heterocycles. The van der Waals surface area contributed by atoms with Gasteiger partial charge in [-0.15, -0.1) is 0 Å². The zero-order valence-electron chi connectivity index (χ0n) is 13.9. The Morgan fingerprint density at radius 1 is 1.36 bits per heavy atom. The second kappa shape index (κ2) is 6.12. The van der Waals surface area contributed by atoms with E-state index in [9.17, 15) is 10.1 Å². The first-order chi connectivity index (χ1) is 12.2. The van der Waals surface area contributed by atoms with Gasteiger partial charge in [-0.3, -0.25) is 10.1 Å². The van der Waals surface area contributed by atoms with E-state index in [4.69, 9.17) is 0 Å². The van der Waals surface area contributed by atoms with Crippen molar-refractivity contribution in [1.82, 2.24) is 19.6 Å². The van der Waals surface area contributed by atoms with Crippen molar-refractivity contribution in [2.45, 2.75) is 38.8 Å². The number of benzene rings is 1. The smallest absolute Gasteiger partial charge is 0.274 e. The number of anilines is 1. The van der Waals surface area contributed by atoms with Gasteiger partial charge in [0.15, 0.2) is 0 Å². The van der Waals surface area contributed by atoms with Gasteiger partial charge in [0.1, 0.15) is 12.1 Å². The fourth-order valence-electron chi connectivity index (χ4n) is 3.02. The van der Waals surface area contributed by atoms with Crippen molar-refractivity contribution in [3.8, 4) is 0 Å². The predicted octanol–water partition coefficient (Wildman–Crippen LogP) is 2.76. The SMILES string of the molecule is CCc1cc(N(Cc2ccccc2[N+](=O)[O-])C2CC2)n2ncnc2n1. The maximum atomic E-state index is 11.3. The molecule has 1 aliphatic rings. The third-order valence-corrected chi connectivity index (χ3v) is 4.46. The molecule has 1 aromatic carbocycles. The van der Waals surface area contributed by atoms with E-state index in [2.05, 4.69) is 20.0 Å². The number of nitro benzene ring substituents is 1. The Morgan fingerprint density at radius 2 is 2.16 bits per heavy atom. The van der Waals surface area contributed by atoms with Gasteiger partial charge in [0, 0.05) is 29.4 Å². The fourth-order valence-corrected chi connectivity index (χ4v) is 3.02. The lowest BCUT2D eigenvalue weighted by molar-refractivity contribution is -0.385. The summed E-state index contributed by atoms with van der Waals surface area (Å²) in [6.07, 6.45) is 4.42. The Bertz CT molecular complexity index is 934. The van der Waals surface area contributed by atoms with Gasteiger partial charge in [0.25, 0.3) is 11.5 Å². The van der Waals surface area contributed by atoms with Crippen molar-refractivity contribution in [3.63, 3.8) is 0 Å². The number of nitro groups is 1. The molecule has 0 atom stereocenters. The minimum atomic E-state index is -0.324. The second-order valence-corrected chi connectivity index (χ2v) is 6.18. The summed E-state index contributed by atoms with van der Waals surface area (Å²) in [5, 5.41) is 15.6. The lowest BCUT2D eigenvalue weighted by Gasteiger charge is -2.25. The number of para-hydroxylation sites is 1. The zero-order chi connectivity index (χ0) is 17.4. The number of aromatic nitrogens is 4. The van der Waals surface area contributed by atoms with Gasteiger partial charge in [0.2, 0.25) is 0 Å². The van der Waals surface area contributed by atoms with Crippen molar-refractivity contribution < 1.29 is 4.92 Å². The fraction of sp³-hybridized carbons (Fsp3) is 0.353. The summed E-state index contributed by atoms with van der Waals surface area (Å²) >= 11 is 0. The molecule has 3 aromatic rings. The quantitative estimate of drug-likeness (QED) is 0.507. The lowest BCUT2D eigenvalue weighted by Crippen LogP contribution is -2.28. The van der Waals surface area contributed by atoms with Crippen LogP contribution in [-0.4, -0.2) is 30.5 Å². The van der Waals surface area contributed by atoms with Crippen molar-refractivity contribution in [1.29, 1.82) is 0 Å². The Balaban J connectivity index is 1.79. The molecule has 0 bridgehead atoms. The minimum Gasteiger partial charge on any atom is -0.349 e. The molecule has 2 heterocycles. The van der Waals surface area contributed by atoms with Crippen LogP contribution >= 0.6 is 0 Å². The van der Waals surface area contributed by atoms with Crippen molar-refractivity contribution in [2.75, 3.05) is 4.90 Å². The van der Waals surface area contributed by atoms with Gasteiger partial charge < -0.3 is 4.90 Å². The minimum absolute atomic E-state index is 0.146. The van der Waals surface area contributed by atoms with Crippen LogP contribution in [0.3, 0.4) is 0 Å². The highest BCUT2D eigenvalue weighted by Crippen LogP contribution is 2.34. The number of aryl methyl sites for hydroxylation is 1. The van der Waals surface area contributed by atoms with Gasteiger partial charge >= 0.3 is 0 Å². The highest BCUT2D eigenvalue weighted by molar-refractivity contribution is 5.51. The molecule has 8 heteroatoms. The molecule has 1 aliphatic carbocycles. The van der Waals surface area contributed by atoms with E-state index in [0.29, 0.717) is 23.9 Å². The van der Waals surface area contributed by atoms with Gasteiger partial charge in [-0.05, 0) is 19.3 Å². The largest absolute Gasteiger partial charge is 0.349 e. The van der Waals surface area contributed by atoms with Crippen LogP contribution < -0.4 is 4.90 Å². The molecule has 0 spiro atoms. The van der Waals surface area contributed by atoms with Crippen LogP contribution in [0.5, 0.6) is 0 Å². The molecule has 1 fully saturated rings. The van der Waals surface area contributed by atoms with Crippen LogP contribution in [0, 0.1) is 10.1 Å². The summed E-state index contributed by atoms with van der Waals surface area (Å²) in [6.45, 7) is 2.51. The standard InChI is InChI=1S/C17H18N6O2/c1-2-13-9-16(22-17(20-13)18-11-19-22)21(14-7-8-14)10-12-5-3-4-6-15(12)23(24)25/h3-6,9,11,14H,2,7-8,10H2,1H3. The summed E-state index contributed by atoms with van der Waals surface area (Å²) in [7, 11) is 0. The molecule has 1 saturated carbocycles. The molecule has 128 valence electrons. The molecule has 2 aromatic heterocycles. The van der Waals surface area contributed by atoms with Crippen molar-refractivity contribution >= 4 is 17.3 Å². The monoisotopic (exact) mass is 338 g/mol. The number of hydrogen-bond acceptors (Lipinski definition) is 6. The molecule has 0 aliphatic heterocycles. The van der Waals surface area contributed by atoms with E-state index in [1.807, 2.05) is 25.1 Å². The second-order valence-electron chi connectivity index (χ2n) is 6.18. The van der Waals surface area contributed by atoms with E-state index in [1.54, 1.807) is 16.6 Å². The van der Waals surface area contributed by atoms with Crippen LogP contribution in [0.15, 0.2) is 36.7 Å². The topological polar surface area (TPSA) is 89.5 Å². The first-order valence-electron chi connectivity index (χ1n) is 8.36. The molecular formula is C17H18N6O2. The van der Waals surface area contributed by atoms with E-state index in [-0.39, 0.29) is 10.6 Å². The summed E-state index contributed by atoms with van der Waals surface area (Å²) in [6, 6.07) is 9.26. The Hall–Kier alpha value is -3.03. The van der Waals surface area contributed by atoms with E-state index in [1.165, 1.54) is 6.33 Å². The molecule has 0 unspecified atom stereocenters. The average Bonchev–Trinajstić information content (AvgIpc) is 3.35. The molecule has 25 heavy (non-hydrogen) atoms. The predicted molar refractivity (Wildman–Crippen MR) is 92.5 cm³/mol. The summed E-state index contributed by atoms with van der Waals surface area (Å²) < 4.78 is 1.71. The summed E-state index contributed by atoms with van der Waals surface area (Å²) in [5.41, 5.74) is 1.78. The van der Waals surface area contributed by atoms with Crippen molar-refractivity contribution in [2.24, 2.45) is 0 Å². The van der Waals surface area contributed by atoms with Gasteiger partial charge in [-0.25, -0.2) is 4.98 Å². The number of fused-ring (bicyclic) bond motifs is 1. The van der Waals surface area contributed by atoms with Gasteiger partial charge in [0.05, 0.1) is 11.5 Å². The van der Waals surface area contributed by atoms with Crippen LogP contribution in [0.25, 0.3) is 5.78 Å². The highest BCUT2D eigenvalue weighted by atomic mass is 16.6. The molecule has 0 N–H and O–H groups in total. The maximum absolute atomic E-state index is 11.3. The van der Waals surface area contributed by atoms with Crippen LogP contribution in [-0.2, 0) is 13.0 Å². The third kappa shape index (κ3) is 2.90. The van der Waals surface area contributed by atoms with E-state index < -0.39 is 0 Å². The summed E-state index contributed by atoms with van der Waals surface area (Å²) in [4.78, 5) is 21.9. The Kier molecular flexibility index (Phi) is 3.79. The van der Waals surface area contributed by atoms with Crippen LogP contribution in [0.2, 0.25) is 0 Å². The zero-order valence-corrected chi connectivity index (χ0v) is 13.9. The average molecular weight is 338 g/mol. The lowest BCUT2D eigenvalue weighted by atomic mass is 10.1. The Morgan fingerprint density at radius 3 is 2.88 bits per heavy atom. The number of rotatable bonds is 6. The maximum Gasteiger partial charge on any atom is 0.274 e. The molecule has 8 nitrogen and oxygen atoms in total. The molecule has 0 amide bonds. The van der Waals surface area contributed by atoms with E-state index >= 15 is 0 Å². The number of nitrogens with zero attached hydrogens (tertiary/aromatic N) is 6. The molecule has 0 radical (unpaired) electrons. The summed E-state index contributed by atoms with van der Waals surface area (Å²) in [5.74, 6) is 1.45. The molecule has 4 rings (SSSR count). The highest BCUT2D eigenvalue weighted by Gasteiger charge is 2.32. The van der Waals surface area contributed by atoms with Crippen LogP contribution in [0.1, 0.15) is 31.0 Å². The van der Waals surface area contributed by atoms with E-state index in [0.717, 1.165) is 30.8 Å². The van der Waals surface area contributed by atoms with Crippen LogP contribution in [0.4, 0.5) is 11.5 Å².